The van der Waals surface area contributed by atoms with Crippen molar-refractivity contribution in [3.8, 4) is 6.07 Å². The van der Waals surface area contributed by atoms with Crippen LogP contribution in [-0.2, 0) is 0 Å². The Morgan fingerprint density at radius 3 is 3.00 bits per heavy atom. The Morgan fingerprint density at radius 1 is 1.55 bits per heavy atom. The zero-order chi connectivity index (χ0) is 8.10. The predicted molar refractivity (Wildman–Crippen MR) is 42.9 cm³/mol. The smallest absolute Gasteiger partial charge is 0.0991 e. The van der Waals surface area contributed by atoms with Crippen molar-refractivity contribution in [3.63, 3.8) is 0 Å². The van der Waals surface area contributed by atoms with E-state index in [0.29, 0.717) is 5.56 Å². The molecular formula is C8H7N3. The first kappa shape index (κ1) is 7.29. The third-order valence-corrected chi connectivity index (χ3v) is 1.24. The van der Waals surface area contributed by atoms with Gasteiger partial charge in [-0.15, -0.1) is 0 Å². The Bertz CT molecular complexity index is 309. The van der Waals surface area contributed by atoms with Gasteiger partial charge in [0.2, 0.25) is 0 Å². The molecule has 0 bridgehead atoms. The fourth-order valence-corrected chi connectivity index (χ4v) is 0.775. The van der Waals surface area contributed by atoms with Gasteiger partial charge in [0.05, 0.1) is 17.8 Å². The van der Waals surface area contributed by atoms with E-state index in [0.717, 1.165) is 5.56 Å². The molecule has 1 aromatic rings. The summed E-state index contributed by atoms with van der Waals surface area (Å²) < 4.78 is 0. The molecular weight excluding hydrogens is 138 g/mol. The molecule has 0 fully saturated rings. The molecule has 0 saturated heterocycles. The highest BCUT2D eigenvalue weighted by atomic mass is 15.1. The molecule has 0 heterocycles. The number of hydrogen-bond acceptors (Lipinski definition) is 3. The zero-order valence-corrected chi connectivity index (χ0v) is 5.86. The molecule has 54 valence electrons. The summed E-state index contributed by atoms with van der Waals surface area (Å²) >= 11 is 0. The summed E-state index contributed by atoms with van der Waals surface area (Å²) in [5.41, 5.74) is 1.45. The van der Waals surface area contributed by atoms with E-state index in [9.17, 15) is 0 Å². The summed E-state index contributed by atoms with van der Waals surface area (Å²) in [4.78, 5) is 0. The van der Waals surface area contributed by atoms with Crippen molar-refractivity contribution in [2.45, 2.75) is 0 Å². The zero-order valence-electron chi connectivity index (χ0n) is 5.86. The third-order valence-electron chi connectivity index (χ3n) is 1.24. The lowest BCUT2D eigenvalue weighted by atomic mass is 10.1. The molecule has 0 unspecified atom stereocenters. The molecule has 0 aliphatic heterocycles. The van der Waals surface area contributed by atoms with Gasteiger partial charge in [0, 0.05) is 0 Å². The molecule has 0 radical (unpaired) electrons. The van der Waals surface area contributed by atoms with Gasteiger partial charge in [-0.1, -0.05) is 12.1 Å². The number of nitrogens with two attached hydrogens (primary N) is 1. The number of hydrazone groups is 1. The molecule has 2 N–H and O–H groups in total. The van der Waals surface area contributed by atoms with Crippen LogP contribution in [-0.4, -0.2) is 6.21 Å². The maximum absolute atomic E-state index is 8.50. The number of rotatable bonds is 1. The summed E-state index contributed by atoms with van der Waals surface area (Å²) in [6, 6.07) is 9.09. The second-order valence-corrected chi connectivity index (χ2v) is 2.02. The maximum atomic E-state index is 8.50. The van der Waals surface area contributed by atoms with E-state index in [1.165, 1.54) is 6.21 Å². The van der Waals surface area contributed by atoms with Gasteiger partial charge in [-0.25, -0.2) is 0 Å². The predicted octanol–water partition coefficient (Wildman–Crippen LogP) is 0.851. The van der Waals surface area contributed by atoms with Gasteiger partial charge in [0.1, 0.15) is 0 Å². The SMILES string of the molecule is N#Cc1cccc(/C=N/N)c1. The summed E-state index contributed by atoms with van der Waals surface area (Å²) in [5.74, 6) is 4.94. The third kappa shape index (κ3) is 1.80. The van der Waals surface area contributed by atoms with Gasteiger partial charge in [0.15, 0.2) is 0 Å². The number of nitriles is 1. The van der Waals surface area contributed by atoms with Crippen molar-refractivity contribution in [1.82, 2.24) is 0 Å². The number of hydrogen-bond donors (Lipinski definition) is 1. The Labute approximate surface area is 64.8 Å². The van der Waals surface area contributed by atoms with E-state index in [-0.39, 0.29) is 0 Å². The van der Waals surface area contributed by atoms with E-state index < -0.39 is 0 Å². The Kier molecular flexibility index (Phi) is 2.24. The molecule has 1 rings (SSSR count). The molecule has 0 saturated carbocycles. The monoisotopic (exact) mass is 145 g/mol. The maximum Gasteiger partial charge on any atom is 0.0991 e. The average Bonchev–Trinajstić information content (AvgIpc) is 2.06. The number of benzene rings is 1. The van der Waals surface area contributed by atoms with Gasteiger partial charge >= 0.3 is 0 Å². The Balaban J connectivity index is 3.03. The second-order valence-electron chi connectivity index (χ2n) is 2.02. The molecule has 0 aliphatic rings. The highest BCUT2D eigenvalue weighted by Crippen LogP contribution is 2.00. The lowest BCUT2D eigenvalue weighted by Gasteiger charge is -1.90. The Hall–Kier alpha value is -1.82. The lowest BCUT2D eigenvalue weighted by molar-refractivity contribution is 1.26. The van der Waals surface area contributed by atoms with Crippen LogP contribution >= 0.6 is 0 Å². The molecule has 0 atom stereocenters. The topological polar surface area (TPSA) is 62.2 Å². The minimum absolute atomic E-state index is 0.613. The second kappa shape index (κ2) is 3.37. The number of nitrogens with zero attached hydrogens (tertiary/aromatic N) is 2. The van der Waals surface area contributed by atoms with Crippen LogP contribution in [0.15, 0.2) is 29.4 Å². The normalized spacial score (nSPS) is 9.73. The summed E-state index contributed by atoms with van der Waals surface area (Å²) in [7, 11) is 0. The molecule has 3 nitrogen and oxygen atoms in total. The molecule has 1 aromatic carbocycles. The fourth-order valence-electron chi connectivity index (χ4n) is 0.775. The molecule has 0 spiro atoms. The lowest BCUT2D eigenvalue weighted by Crippen LogP contribution is -1.86. The quantitative estimate of drug-likeness (QED) is 0.361. The van der Waals surface area contributed by atoms with Crippen molar-refractivity contribution >= 4 is 6.21 Å². The minimum atomic E-state index is 0.613. The van der Waals surface area contributed by atoms with Crippen LogP contribution in [0.1, 0.15) is 11.1 Å². The van der Waals surface area contributed by atoms with Crippen molar-refractivity contribution in [2.24, 2.45) is 10.9 Å². The molecule has 3 heteroatoms. The summed E-state index contributed by atoms with van der Waals surface area (Å²) in [6.07, 6.45) is 1.50. The van der Waals surface area contributed by atoms with E-state index >= 15 is 0 Å². The highest BCUT2D eigenvalue weighted by Gasteiger charge is 1.89. The summed E-state index contributed by atoms with van der Waals surface area (Å²) in [6.45, 7) is 0. The van der Waals surface area contributed by atoms with Crippen molar-refractivity contribution in [3.05, 3.63) is 35.4 Å². The van der Waals surface area contributed by atoms with Crippen LogP contribution < -0.4 is 5.84 Å². The van der Waals surface area contributed by atoms with Gasteiger partial charge < -0.3 is 5.84 Å². The van der Waals surface area contributed by atoms with Gasteiger partial charge in [-0.2, -0.15) is 10.4 Å². The molecule has 0 aliphatic carbocycles. The van der Waals surface area contributed by atoms with Gasteiger partial charge in [-0.05, 0) is 17.7 Å². The van der Waals surface area contributed by atoms with Crippen molar-refractivity contribution in [2.75, 3.05) is 0 Å². The van der Waals surface area contributed by atoms with Crippen LogP contribution in [0.4, 0.5) is 0 Å². The first-order valence-electron chi connectivity index (χ1n) is 3.10. The standard InChI is InChI=1S/C8H7N3/c9-5-7-2-1-3-8(4-7)6-11-10/h1-4,6H,10H2/b11-6+. The highest BCUT2D eigenvalue weighted by molar-refractivity contribution is 5.79. The average molecular weight is 145 g/mol. The molecule has 0 aromatic heterocycles. The van der Waals surface area contributed by atoms with Crippen molar-refractivity contribution < 1.29 is 0 Å². The van der Waals surface area contributed by atoms with E-state index in [4.69, 9.17) is 11.1 Å². The van der Waals surface area contributed by atoms with Crippen LogP contribution in [0.25, 0.3) is 0 Å². The van der Waals surface area contributed by atoms with Gasteiger partial charge in [-0.3, -0.25) is 0 Å². The minimum Gasteiger partial charge on any atom is -0.323 e. The van der Waals surface area contributed by atoms with Gasteiger partial charge in [0.25, 0.3) is 0 Å². The summed E-state index contributed by atoms with van der Waals surface area (Å²) in [5, 5.41) is 11.9. The Morgan fingerprint density at radius 2 is 2.36 bits per heavy atom. The van der Waals surface area contributed by atoms with Crippen LogP contribution in [0.2, 0.25) is 0 Å². The van der Waals surface area contributed by atoms with Crippen LogP contribution in [0.5, 0.6) is 0 Å². The fraction of sp³-hybridized carbons (Fsp3) is 0. The first-order valence-corrected chi connectivity index (χ1v) is 3.10. The van der Waals surface area contributed by atoms with Crippen LogP contribution in [0, 0.1) is 11.3 Å². The molecule has 0 amide bonds. The largest absolute Gasteiger partial charge is 0.323 e. The van der Waals surface area contributed by atoms with E-state index in [1.54, 1.807) is 18.2 Å². The first-order chi connectivity index (χ1) is 5.36. The van der Waals surface area contributed by atoms with E-state index in [1.807, 2.05) is 12.1 Å². The molecule has 11 heavy (non-hydrogen) atoms. The van der Waals surface area contributed by atoms with Crippen LogP contribution in [0.3, 0.4) is 0 Å². The van der Waals surface area contributed by atoms with Crippen molar-refractivity contribution in [1.29, 1.82) is 5.26 Å². The van der Waals surface area contributed by atoms with E-state index in [2.05, 4.69) is 5.10 Å².